The summed E-state index contributed by atoms with van der Waals surface area (Å²) in [4.78, 5) is 0.361. The Hall–Kier alpha value is -1.33. The van der Waals surface area contributed by atoms with Gasteiger partial charge in [0.2, 0.25) is 0 Å². The van der Waals surface area contributed by atoms with Crippen LogP contribution in [-0.2, 0) is 4.74 Å². The van der Waals surface area contributed by atoms with Crippen molar-refractivity contribution >= 4 is 22.9 Å². The van der Waals surface area contributed by atoms with Gasteiger partial charge in [-0.05, 0) is 19.1 Å². The Morgan fingerprint density at radius 3 is 2.71 bits per heavy atom. The van der Waals surface area contributed by atoms with Crippen molar-refractivity contribution in [1.29, 1.82) is 0 Å². The van der Waals surface area contributed by atoms with Crippen molar-refractivity contribution in [3.05, 3.63) is 23.8 Å². The minimum absolute atomic E-state index is 0.167. The van der Waals surface area contributed by atoms with E-state index in [2.05, 4.69) is 5.32 Å². The summed E-state index contributed by atoms with van der Waals surface area (Å²) in [6.07, 6.45) is 0. The van der Waals surface area contributed by atoms with Crippen LogP contribution < -0.4 is 15.8 Å². The highest BCUT2D eigenvalue weighted by Crippen LogP contribution is 2.23. The highest BCUT2D eigenvalue weighted by atomic mass is 32.1. The molecule has 0 bridgehead atoms. The fourth-order valence-corrected chi connectivity index (χ4v) is 1.72. The highest BCUT2D eigenvalue weighted by Gasteiger charge is 2.09. The Kier molecular flexibility index (Phi) is 5.18. The van der Waals surface area contributed by atoms with E-state index in [1.54, 1.807) is 14.2 Å². The van der Waals surface area contributed by atoms with E-state index < -0.39 is 0 Å². The average Bonchev–Trinajstić information content (AvgIpc) is 2.28. The summed E-state index contributed by atoms with van der Waals surface area (Å²) in [6.45, 7) is 2.63. The molecule has 0 amide bonds. The second-order valence-electron chi connectivity index (χ2n) is 3.78. The van der Waals surface area contributed by atoms with Gasteiger partial charge in [0, 0.05) is 30.5 Å². The maximum atomic E-state index is 5.68. The van der Waals surface area contributed by atoms with Gasteiger partial charge in [-0.15, -0.1) is 0 Å². The number of nitrogens with one attached hydrogen (secondary N) is 1. The lowest BCUT2D eigenvalue weighted by molar-refractivity contribution is 0.190. The molecule has 0 heterocycles. The molecule has 94 valence electrons. The molecule has 0 saturated heterocycles. The summed E-state index contributed by atoms with van der Waals surface area (Å²) in [6, 6.07) is 5.73. The van der Waals surface area contributed by atoms with Gasteiger partial charge >= 0.3 is 0 Å². The molecule has 1 unspecified atom stereocenters. The number of benzene rings is 1. The normalized spacial score (nSPS) is 11.9. The van der Waals surface area contributed by atoms with E-state index in [0.29, 0.717) is 11.6 Å². The zero-order chi connectivity index (χ0) is 12.8. The third kappa shape index (κ3) is 3.87. The lowest BCUT2D eigenvalue weighted by Crippen LogP contribution is -2.23. The first-order valence-electron chi connectivity index (χ1n) is 5.31. The van der Waals surface area contributed by atoms with Crippen LogP contribution in [0, 0.1) is 0 Å². The summed E-state index contributed by atoms with van der Waals surface area (Å²) in [5, 5.41) is 3.29. The summed E-state index contributed by atoms with van der Waals surface area (Å²) in [5.41, 5.74) is 7.35. The standard InChI is InChI=1S/C12H18N2O2S/c1-8(7-15-2)14-11-6-9(16-3)4-5-10(11)12(13)17/h4-6,8,14H,7H2,1-3H3,(H2,13,17). The van der Waals surface area contributed by atoms with Gasteiger partial charge in [0.1, 0.15) is 10.7 Å². The average molecular weight is 254 g/mol. The van der Waals surface area contributed by atoms with Crippen LogP contribution in [0.3, 0.4) is 0 Å². The van der Waals surface area contributed by atoms with Gasteiger partial charge in [-0.3, -0.25) is 0 Å². The van der Waals surface area contributed by atoms with Gasteiger partial charge < -0.3 is 20.5 Å². The van der Waals surface area contributed by atoms with Crippen molar-refractivity contribution in [3.63, 3.8) is 0 Å². The molecular weight excluding hydrogens is 236 g/mol. The Morgan fingerprint density at radius 2 is 2.18 bits per heavy atom. The van der Waals surface area contributed by atoms with Gasteiger partial charge in [-0.1, -0.05) is 12.2 Å². The van der Waals surface area contributed by atoms with Gasteiger partial charge in [0.25, 0.3) is 0 Å². The predicted octanol–water partition coefficient (Wildman–Crippen LogP) is 1.78. The first-order valence-corrected chi connectivity index (χ1v) is 5.72. The third-order valence-electron chi connectivity index (χ3n) is 2.31. The fraction of sp³-hybridized carbons (Fsp3) is 0.417. The van der Waals surface area contributed by atoms with Crippen LogP contribution in [0.2, 0.25) is 0 Å². The van der Waals surface area contributed by atoms with Crippen LogP contribution in [0.15, 0.2) is 18.2 Å². The molecule has 1 aromatic rings. The van der Waals surface area contributed by atoms with E-state index in [-0.39, 0.29) is 6.04 Å². The molecule has 0 aromatic heterocycles. The summed E-state index contributed by atoms with van der Waals surface area (Å²) >= 11 is 5.01. The van der Waals surface area contributed by atoms with Crippen molar-refractivity contribution < 1.29 is 9.47 Å². The Balaban J connectivity index is 2.96. The Labute approximate surface area is 107 Å². The highest BCUT2D eigenvalue weighted by molar-refractivity contribution is 7.80. The van der Waals surface area contributed by atoms with Crippen molar-refractivity contribution in [1.82, 2.24) is 0 Å². The van der Waals surface area contributed by atoms with Crippen LogP contribution in [0.5, 0.6) is 5.75 Å². The monoisotopic (exact) mass is 254 g/mol. The summed E-state index contributed by atoms with van der Waals surface area (Å²) < 4.78 is 10.3. The third-order valence-corrected chi connectivity index (χ3v) is 2.53. The number of methoxy groups -OCH3 is 2. The number of ether oxygens (including phenoxy) is 2. The molecule has 3 N–H and O–H groups in total. The van der Waals surface area contributed by atoms with E-state index in [1.165, 1.54) is 0 Å². The van der Waals surface area contributed by atoms with Gasteiger partial charge in [0.05, 0.1) is 13.7 Å². The minimum Gasteiger partial charge on any atom is -0.497 e. The van der Waals surface area contributed by atoms with Crippen LogP contribution in [0.4, 0.5) is 5.69 Å². The smallest absolute Gasteiger partial charge is 0.120 e. The molecule has 0 radical (unpaired) electrons. The molecular formula is C12H18N2O2S. The molecule has 0 aliphatic heterocycles. The molecule has 0 fully saturated rings. The van der Waals surface area contributed by atoms with Crippen molar-refractivity contribution in [2.45, 2.75) is 13.0 Å². The number of hydrogen-bond acceptors (Lipinski definition) is 4. The second-order valence-corrected chi connectivity index (χ2v) is 4.22. The van der Waals surface area contributed by atoms with E-state index in [1.807, 2.05) is 25.1 Å². The minimum atomic E-state index is 0.167. The van der Waals surface area contributed by atoms with Crippen LogP contribution in [-0.4, -0.2) is 31.9 Å². The first kappa shape index (κ1) is 13.7. The molecule has 0 aliphatic carbocycles. The topological polar surface area (TPSA) is 56.5 Å². The molecule has 5 heteroatoms. The molecule has 17 heavy (non-hydrogen) atoms. The van der Waals surface area contributed by atoms with Gasteiger partial charge in [-0.25, -0.2) is 0 Å². The van der Waals surface area contributed by atoms with E-state index in [0.717, 1.165) is 17.0 Å². The Morgan fingerprint density at radius 1 is 1.47 bits per heavy atom. The largest absolute Gasteiger partial charge is 0.497 e. The molecule has 4 nitrogen and oxygen atoms in total. The van der Waals surface area contributed by atoms with E-state index in [4.69, 9.17) is 27.4 Å². The van der Waals surface area contributed by atoms with Crippen molar-refractivity contribution in [2.24, 2.45) is 5.73 Å². The molecule has 0 saturated carbocycles. The summed E-state index contributed by atoms with van der Waals surface area (Å²) in [7, 11) is 3.29. The number of anilines is 1. The van der Waals surface area contributed by atoms with Gasteiger partial charge in [0.15, 0.2) is 0 Å². The zero-order valence-electron chi connectivity index (χ0n) is 10.3. The SMILES string of the molecule is COCC(C)Nc1cc(OC)ccc1C(N)=S. The van der Waals surface area contributed by atoms with E-state index in [9.17, 15) is 0 Å². The summed E-state index contributed by atoms with van der Waals surface area (Å²) in [5.74, 6) is 0.761. The predicted molar refractivity (Wildman–Crippen MR) is 73.8 cm³/mol. The molecule has 0 spiro atoms. The zero-order valence-corrected chi connectivity index (χ0v) is 11.1. The second kappa shape index (κ2) is 6.42. The molecule has 1 atom stereocenters. The van der Waals surface area contributed by atoms with Gasteiger partial charge in [-0.2, -0.15) is 0 Å². The maximum absolute atomic E-state index is 5.68. The lowest BCUT2D eigenvalue weighted by atomic mass is 10.1. The van der Waals surface area contributed by atoms with Crippen molar-refractivity contribution in [2.75, 3.05) is 26.1 Å². The number of hydrogen-bond donors (Lipinski definition) is 2. The lowest BCUT2D eigenvalue weighted by Gasteiger charge is -2.17. The maximum Gasteiger partial charge on any atom is 0.120 e. The Bertz CT molecular complexity index is 396. The molecule has 1 rings (SSSR count). The number of rotatable bonds is 6. The van der Waals surface area contributed by atoms with Crippen LogP contribution >= 0.6 is 12.2 Å². The first-order chi connectivity index (χ1) is 8.08. The van der Waals surface area contributed by atoms with Crippen LogP contribution in [0.25, 0.3) is 0 Å². The van der Waals surface area contributed by atoms with E-state index >= 15 is 0 Å². The molecule has 1 aromatic carbocycles. The quantitative estimate of drug-likeness (QED) is 0.758. The molecule has 0 aliphatic rings. The number of thiocarbonyl (C=S) groups is 1. The fourth-order valence-electron chi connectivity index (χ4n) is 1.54. The number of nitrogens with two attached hydrogens (primary N) is 1. The van der Waals surface area contributed by atoms with Crippen molar-refractivity contribution in [3.8, 4) is 5.75 Å². The van der Waals surface area contributed by atoms with Crippen LogP contribution in [0.1, 0.15) is 12.5 Å².